The predicted octanol–water partition coefficient (Wildman–Crippen LogP) is 5.07. The molecule has 2 atom stereocenters. The van der Waals surface area contributed by atoms with Gasteiger partial charge in [-0.1, -0.05) is 56.3 Å². The first-order chi connectivity index (χ1) is 20.6. The van der Waals surface area contributed by atoms with Crippen LogP contribution in [0, 0.1) is 5.41 Å². The van der Waals surface area contributed by atoms with Crippen molar-refractivity contribution in [2.45, 2.75) is 65.1 Å². The molecule has 6 bridgehead atoms. The summed E-state index contributed by atoms with van der Waals surface area (Å²) in [5.74, 6) is -0.562. The summed E-state index contributed by atoms with van der Waals surface area (Å²) >= 11 is 0. The number of aromatic nitrogens is 1. The number of aryl methyl sites for hydroxylation is 1. The Bertz CT molecular complexity index is 1690. The maximum absolute atomic E-state index is 13.3. The van der Waals surface area contributed by atoms with Crippen LogP contribution in [0.15, 0.2) is 66.7 Å². The number of benzene rings is 3. The van der Waals surface area contributed by atoms with E-state index in [1.807, 2.05) is 30.3 Å². The monoisotopic (exact) mass is 579 g/mol. The standard InChI is InChI=1S/C35H41N5O3/c1-4-39-31-14-13-24-19-27(31)28(32(39)25-10-6-11-26(36)18-25)20-35(2,3)21-43-34(42)30-12-7-15-40(38-30)33(41)29(37)17-22-8-5-9-23(24)16-22/h5-6,8-11,13-14,16,18-19,29-30,38H,4,7,12,15,17,20-21,36-37H2,1-3H3/t29-,30-/m0/s1. The van der Waals surface area contributed by atoms with Gasteiger partial charge in [0.2, 0.25) is 0 Å². The average molecular weight is 580 g/mol. The summed E-state index contributed by atoms with van der Waals surface area (Å²) in [6.07, 6.45) is 2.39. The lowest BCUT2D eigenvalue weighted by atomic mass is 9.84. The third kappa shape index (κ3) is 5.77. The van der Waals surface area contributed by atoms with Crippen molar-refractivity contribution in [3.63, 3.8) is 0 Å². The number of ether oxygens (including phenoxy) is 1. The van der Waals surface area contributed by atoms with Gasteiger partial charge < -0.3 is 20.8 Å². The Morgan fingerprint density at radius 3 is 2.56 bits per heavy atom. The first kappa shape index (κ1) is 29.0. The molecule has 5 N–H and O–H groups in total. The van der Waals surface area contributed by atoms with Crippen molar-refractivity contribution >= 4 is 28.5 Å². The van der Waals surface area contributed by atoms with E-state index in [0.29, 0.717) is 37.9 Å². The highest BCUT2D eigenvalue weighted by Gasteiger charge is 2.33. The Labute approximate surface area is 253 Å². The maximum Gasteiger partial charge on any atom is 0.324 e. The van der Waals surface area contributed by atoms with Crippen LogP contribution in [0.25, 0.3) is 33.3 Å². The smallest absolute Gasteiger partial charge is 0.324 e. The number of fused-ring (bicyclic) bond motifs is 6. The first-order valence-corrected chi connectivity index (χ1v) is 15.2. The summed E-state index contributed by atoms with van der Waals surface area (Å²) in [4.78, 5) is 26.5. The fraction of sp³-hybridized carbons (Fsp3) is 0.371. The molecule has 2 aliphatic heterocycles. The van der Waals surface area contributed by atoms with Crippen LogP contribution in [0.2, 0.25) is 0 Å². The minimum atomic E-state index is -0.733. The van der Waals surface area contributed by atoms with Gasteiger partial charge in [-0.25, -0.2) is 5.43 Å². The molecular weight excluding hydrogens is 538 g/mol. The molecule has 1 aromatic heterocycles. The molecule has 0 saturated carbocycles. The van der Waals surface area contributed by atoms with Crippen molar-refractivity contribution in [3.8, 4) is 22.4 Å². The van der Waals surface area contributed by atoms with E-state index in [1.165, 1.54) is 16.0 Å². The molecule has 43 heavy (non-hydrogen) atoms. The number of nitrogens with two attached hydrogens (primary N) is 2. The van der Waals surface area contributed by atoms with Crippen LogP contribution in [0.3, 0.4) is 0 Å². The van der Waals surface area contributed by atoms with Crippen LogP contribution in [0.5, 0.6) is 0 Å². The minimum Gasteiger partial charge on any atom is -0.464 e. The maximum atomic E-state index is 13.3. The van der Waals surface area contributed by atoms with Crippen molar-refractivity contribution < 1.29 is 14.3 Å². The van der Waals surface area contributed by atoms with Crippen molar-refractivity contribution in [2.75, 3.05) is 18.9 Å². The summed E-state index contributed by atoms with van der Waals surface area (Å²) < 4.78 is 8.29. The number of carbonyl (C=O) groups excluding carboxylic acids is 2. The molecule has 6 rings (SSSR count). The lowest BCUT2D eigenvalue weighted by Crippen LogP contribution is -2.59. The Morgan fingerprint density at radius 1 is 1.00 bits per heavy atom. The van der Waals surface area contributed by atoms with E-state index in [0.717, 1.165) is 40.0 Å². The van der Waals surface area contributed by atoms with Crippen LogP contribution in [0.1, 0.15) is 44.7 Å². The summed E-state index contributed by atoms with van der Waals surface area (Å²) in [5.41, 5.74) is 23.9. The molecule has 1 fully saturated rings. The summed E-state index contributed by atoms with van der Waals surface area (Å²) in [5, 5.41) is 2.67. The van der Waals surface area contributed by atoms with E-state index in [9.17, 15) is 9.59 Å². The zero-order valence-electron chi connectivity index (χ0n) is 25.2. The molecule has 0 aliphatic carbocycles. The fourth-order valence-corrected chi connectivity index (χ4v) is 6.56. The van der Waals surface area contributed by atoms with Crippen LogP contribution in [0.4, 0.5) is 5.69 Å². The highest BCUT2D eigenvalue weighted by molar-refractivity contribution is 5.95. The van der Waals surface area contributed by atoms with E-state index in [-0.39, 0.29) is 23.9 Å². The number of hydrazine groups is 1. The Hall–Kier alpha value is -4.14. The third-order valence-corrected chi connectivity index (χ3v) is 8.67. The van der Waals surface area contributed by atoms with E-state index < -0.39 is 12.1 Å². The zero-order valence-corrected chi connectivity index (χ0v) is 25.2. The van der Waals surface area contributed by atoms with Gasteiger partial charge in [-0.2, -0.15) is 0 Å². The van der Waals surface area contributed by atoms with Crippen LogP contribution in [-0.2, 0) is 33.7 Å². The second-order valence-corrected chi connectivity index (χ2v) is 12.7. The van der Waals surface area contributed by atoms with E-state index in [1.54, 1.807) is 0 Å². The van der Waals surface area contributed by atoms with Crippen molar-refractivity contribution in [3.05, 3.63) is 77.9 Å². The molecular formula is C35H41N5O3. The molecule has 3 aromatic carbocycles. The molecule has 3 heterocycles. The van der Waals surface area contributed by atoms with Gasteiger partial charge >= 0.3 is 5.97 Å². The molecule has 8 heteroatoms. The summed E-state index contributed by atoms with van der Waals surface area (Å²) in [7, 11) is 0. The lowest BCUT2D eigenvalue weighted by molar-refractivity contribution is -0.154. The zero-order chi connectivity index (χ0) is 30.3. The number of amides is 1. The number of hydrogen-bond donors (Lipinski definition) is 3. The number of rotatable bonds is 2. The highest BCUT2D eigenvalue weighted by Crippen LogP contribution is 2.40. The Balaban J connectivity index is 1.52. The van der Waals surface area contributed by atoms with Crippen LogP contribution < -0.4 is 16.9 Å². The highest BCUT2D eigenvalue weighted by atomic mass is 16.5. The molecule has 1 amide bonds. The minimum absolute atomic E-state index is 0.217. The van der Waals surface area contributed by atoms with Gasteiger partial charge in [0.1, 0.15) is 6.04 Å². The molecule has 0 radical (unpaired) electrons. The molecule has 4 aromatic rings. The average Bonchev–Trinajstić information content (AvgIpc) is 3.31. The molecule has 2 aliphatic rings. The normalized spacial score (nSPS) is 21.0. The largest absolute Gasteiger partial charge is 0.464 e. The quantitative estimate of drug-likeness (QED) is 0.226. The van der Waals surface area contributed by atoms with Gasteiger partial charge in [-0.3, -0.25) is 14.6 Å². The second-order valence-electron chi connectivity index (χ2n) is 12.7. The number of hydrogen-bond acceptors (Lipinski definition) is 6. The van der Waals surface area contributed by atoms with Crippen LogP contribution in [-0.4, -0.2) is 46.7 Å². The Morgan fingerprint density at radius 2 is 1.77 bits per heavy atom. The topological polar surface area (TPSA) is 116 Å². The van der Waals surface area contributed by atoms with Gasteiger partial charge in [0.15, 0.2) is 0 Å². The molecule has 8 nitrogen and oxygen atoms in total. The Kier molecular flexibility index (Phi) is 7.75. The lowest BCUT2D eigenvalue weighted by Gasteiger charge is -2.35. The summed E-state index contributed by atoms with van der Waals surface area (Å²) in [6.45, 7) is 7.97. The molecule has 1 saturated heterocycles. The molecule has 0 spiro atoms. The number of esters is 1. The SMILES string of the molecule is CCn1c(-c2cccc(N)c2)c2c3cc(ccc31)-c1cccc(c1)C[C@H](N)C(=O)N1CCC[C@H](N1)C(=O)OCC(C)(C)C2. The van der Waals surface area contributed by atoms with Crippen molar-refractivity contribution in [1.82, 2.24) is 15.0 Å². The van der Waals surface area contributed by atoms with E-state index in [4.69, 9.17) is 16.2 Å². The second kappa shape index (κ2) is 11.5. The fourth-order valence-electron chi connectivity index (χ4n) is 6.56. The third-order valence-electron chi connectivity index (χ3n) is 8.67. The van der Waals surface area contributed by atoms with Crippen molar-refractivity contribution in [2.24, 2.45) is 11.1 Å². The number of cyclic esters (lactones) is 1. The number of nitrogens with zero attached hydrogens (tertiary/aromatic N) is 2. The predicted molar refractivity (Wildman–Crippen MR) is 171 cm³/mol. The van der Waals surface area contributed by atoms with Gasteiger partial charge in [0.25, 0.3) is 5.91 Å². The van der Waals surface area contributed by atoms with Gasteiger partial charge in [0.05, 0.1) is 18.3 Å². The molecule has 224 valence electrons. The van der Waals surface area contributed by atoms with Crippen LogP contribution >= 0.6 is 0 Å². The van der Waals surface area contributed by atoms with E-state index in [2.05, 4.69) is 67.2 Å². The first-order valence-electron chi connectivity index (χ1n) is 15.2. The number of nitrogen functional groups attached to an aromatic ring is 1. The molecule has 0 unspecified atom stereocenters. The van der Waals surface area contributed by atoms with Gasteiger partial charge in [-0.15, -0.1) is 0 Å². The van der Waals surface area contributed by atoms with Gasteiger partial charge in [0, 0.05) is 40.7 Å². The summed E-state index contributed by atoms with van der Waals surface area (Å²) in [6, 6.07) is 21.6. The van der Waals surface area contributed by atoms with Crippen molar-refractivity contribution in [1.29, 1.82) is 0 Å². The number of carbonyl (C=O) groups is 2. The number of anilines is 1. The van der Waals surface area contributed by atoms with Gasteiger partial charge in [-0.05, 0) is 79.1 Å². The van der Waals surface area contributed by atoms with E-state index >= 15 is 0 Å². The number of nitrogens with one attached hydrogen (secondary N) is 1.